The average molecular weight is 257 g/mol. The van der Waals surface area contributed by atoms with Crippen molar-refractivity contribution in [3.05, 3.63) is 29.8 Å². The molecule has 0 radical (unpaired) electrons. The molecule has 0 bridgehead atoms. The molecule has 1 aromatic carbocycles. The van der Waals surface area contributed by atoms with Gasteiger partial charge >= 0.3 is 0 Å². The Morgan fingerprint density at radius 2 is 1.94 bits per heavy atom. The quantitative estimate of drug-likeness (QED) is 0.696. The molecule has 0 aliphatic carbocycles. The smallest absolute Gasteiger partial charge is 0.297 e. The van der Waals surface area contributed by atoms with Crippen molar-refractivity contribution in [3.63, 3.8) is 0 Å². The number of nitriles is 1. The first kappa shape index (κ1) is 13.6. The lowest BCUT2D eigenvalue weighted by Crippen LogP contribution is -2.22. The Kier molecular flexibility index (Phi) is 4.60. The Morgan fingerprint density at radius 3 is 2.41 bits per heavy atom. The van der Waals surface area contributed by atoms with Crippen LogP contribution in [0.1, 0.15) is 5.56 Å². The van der Waals surface area contributed by atoms with Crippen molar-refractivity contribution < 1.29 is 22.8 Å². The van der Waals surface area contributed by atoms with Gasteiger partial charge in [0.1, 0.15) is 6.10 Å². The maximum Gasteiger partial charge on any atom is 0.297 e. The fraction of sp³-hybridized carbons (Fsp3) is 0.300. The molecular weight excluding hydrogens is 246 g/mol. The zero-order valence-electron chi connectivity index (χ0n) is 8.78. The molecule has 1 unspecified atom stereocenters. The fourth-order valence-corrected chi connectivity index (χ4v) is 1.93. The second-order valence-corrected chi connectivity index (χ2v) is 4.83. The minimum absolute atomic E-state index is 0.110. The molecule has 1 atom stereocenters. The molecule has 7 heteroatoms. The van der Waals surface area contributed by atoms with Crippen LogP contribution in [0.3, 0.4) is 0 Å². The van der Waals surface area contributed by atoms with Crippen LogP contribution < -0.4 is 0 Å². The Hall–Kier alpha value is -1.46. The van der Waals surface area contributed by atoms with Gasteiger partial charge in [0.25, 0.3) is 10.1 Å². The minimum atomic E-state index is -3.97. The summed E-state index contributed by atoms with van der Waals surface area (Å²) in [6, 6.07) is 7.02. The third kappa shape index (κ3) is 3.80. The summed E-state index contributed by atoms with van der Waals surface area (Å²) in [7, 11) is -3.97. The number of hydrogen-bond acceptors (Lipinski definition) is 6. The van der Waals surface area contributed by atoms with Crippen LogP contribution in [-0.4, -0.2) is 37.9 Å². The molecule has 1 rings (SSSR count). The van der Waals surface area contributed by atoms with Crippen LogP contribution in [-0.2, 0) is 14.3 Å². The van der Waals surface area contributed by atoms with Gasteiger partial charge in [-0.15, -0.1) is 0 Å². The molecule has 2 N–H and O–H groups in total. The molecule has 0 saturated carbocycles. The molecular formula is C10H11NO5S. The topological polar surface area (TPSA) is 108 Å². The second-order valence-electron chi connectivity index (χ2n) is 3.21. The van der Waals surface area contributed by atoms with Crippen molar-refractivity contribution in [1.29, 1.82) is 5.26 Å². The van der Waals surface area contributed by atoms with Crippen molar-refractivity contribution >= 4 is 10.1 Å². The standard InChI is InChI=1S/C10H11NO5S/c11-5-8-1-3-10(4-2-8)17(14,15)16-7-9(13)6-12/h1-4,9,12-13H,6-7H2. The van der Waals surface area contributed by atoms with E-state index in [4.69, 9.17) is 15.5 Å². The summed E-state index contributed by atoms with van der Waals surface area (Å²) in [5, 5.41) is 26.0. The highest BCUT2D eigenvalue weighted by Gasteiger charge is 2.16. The van der Waals surface area contributed by atoms with E-state index in [1.807, 2.05) is 6.07 Å². The maximum atomic E-state index is 11.6. The van der Waals surface area contributed by atoms with E-state index in [0.29, 0.717) is 5.56 Å². The fourth-order valence-electron chi connectivity index (χ4n) is 0.985. The number of aliphatic hydroxyl groups excluding tert-OH is 2. The lowest BCUT2D eigenvalue weighted by atomic mass is 10.2. The van der Waals surface area contributed by atoms with Crippen LogP contribution >= 0.6 is 0 Å². The maximum absolute atomic E-state index is 11.6. The van der Waals surface area contributed by atoms with E-state index in [9.17, 15) is 8.42 Å². The van der Waals surface area contributed by atoms with E-state index in [1.165, 1.54) is 24.3 Å². The van der Waals surface area contributed by atoms with Gasteiger partial charge < -0.3 is 10.2 Å². The van der Waals surface area contributed by atoms with E-state index >= 15 is 0 Å². The zero-order chi connectivity index (χ0) is 12.9. The summed E-state index contributed by atoms with van der Waals surface area (Å²) in [6.07, 6.45) is -1.25. The molecule has 92 valence electrons. The van der Waals surface area contributed by atoms with Gasteiger partial charge in [-0.3, -0.25) is 4.18 Å². The van der Waals surface area contributed by atoms with Crippen LogP contribution in [0.5, 0.6) is 0 Å². The molecule has 0 aliphatic heterocycles. The molecule has 0 fully saturated rings. The highest BCUT2D eigenvalue weighted by atomic mass is 32.2. The Balaban J connectivity index is 2.79. The predicted octanol–water partition coefficient (Wildman–Crippen LogP) is -0.383. The zero-order valence-corrected chi connectivity index (χ0v) is 9.59. The average Bonchev–Trinajstić information content (AvgIpc) is 2.36. The predicted molar refractivity (Wildman–Crippen MR) is 57.4 cm³/mol. The minimum Gasteiger partial charge on any atom is -0.394 e. The highest BCUT2D eigenvalue weighted by Crippen LogP contribution is 2.13. The number of hydrogen-bond donors (Lipinski definition) is 2. The molecule has 6 nitrogen and oxygen atoms in total. The third-order valence-corrected chi connectivity index (χ3v) is 3.19. The summed E-state index contributed by atoms with van der Waals surface area (Å²) in [4.78, 5) is -0.110. The molecule has 17 heavy (non-hydrogen) atoms. The second kappa shape index (κ2) is 5.75. The first-order chi connectivity index (χ1) is 7.99. The van der Waals surface area contributed by atoms with Crippen LogP contribution in [0, 0.1) is 11.3 Å². The van der Waals surface area contributed by atoms with Gasteiger partial charge in [-0.2, -0.15) is 13.7 Å². The SMILES string of the molecule is N#Cc1ccc(S(=O)(=O)OCC(O)CO)cc1. The van der Waals surface area contributed by atoms with E-state index < -0.39 is 29.4 Å². The van der Waals surface area contributed by atoms with Crippen LogP contribution in [0.15, 0.2) is 29.2 Å². The molecule has 0 aliphatic rings. The third-order valence-electron chi connectivity index (χ3n) is 1.90. The van der Waals surface area contributed by atoms with E-state index in [2.05, 4.69) is 4.18 Å². The van der Waals surface area contributed by atoms with Gasteiger partial charge in [0.15, 0.2) is 0 Å². The molecule has 0 amide bonds. The van der Waals surface area contributed by atoms with Gasteiger partial charge in [-0.25, -0.2) is 0 Å². The van der Waals surface area contributed by atoms with Crippen molar-refractivity contribution in [2.45, 2.75) is 11.0 Å². The molecule has 0 saturated heterocycles. The van der Waals surface area contributed by atoms with Crippen molar-refractivity contribution in [1.82, 2.24) is 0 Å². The number of aliphatic hydroxyl groups is 2. The molecule has 0 aromatic heterocycles. The van der Waals surface area contributed by atoms with E-state index in [1.54, 1.807) is 0 Å². The Morgan fingerprint density at radius 1 is 1.35 bits per heavy atom. The summed E-state index contributed by atoms with van der Waals surface area (Å²) in [6.45, 7) is -1.10. The molecule has 0 heterocycles. The Labute approximate surface area is 98.8 Å². The molecule has 0 spiro atoms. The summed E-state index contributed by atoms with van der Waals surface area (Å²) in [5.41, 5.74) is 0.333. The lowest BCUT2D eigenvalue weighted by Gasteiger charge is -2.08. The number of rotatable bonds is 5. The summed E-state index contributed by atoms with van der Waals surface area (Å²) >= 11 is 0. The van der Waals surface area contributed by atoms with E-state index in [0.717, 1.165) is 0 Å². The van der Waals surface area contributed by atoms with Crippen molar-refractivity contribution in [2.75, 3.05) is 13.2 Å². The summed E-state index contributed by atoms with van der Waals surface area (Å²) in [5.74, 6) is 0. The summed E-state index contributed by atoms with van der Waals surface area (Å²) < 4.78 is 27.6. The monoisotopic (exact) mass is 257 g/mol. The van der Waals surface area contributed by atoms with E-state index in [-0.39, 0.29) is 4.90 Å². The van der Waals surface area contributed by atoms with Gasteiger partial charge in [-0.05, 0) is 24.3 Å². The van der Waals surface area contributed by atoms with Gasteiger partial charge in [0, 0.05) is 0 Å². The van der Waals surface area contributed by atoms with Gasteiger partial charge in [0.05, 0.1) is 29.7 Å². The number of nitrogens with zero attached hydrogens (tertiary/aromatic N) is 1. The highest BCUT2D eigenvalue weighted by molar-refractivity contribution is 7.86. The normalized spacial score (nSPS) is 13.0. The van der Waals surface area contributed by atoms with Crippen molar-refractivity contribution in [2.24, 2.45) is 0 Å². The largest absolute Gasteiger partial charge is 0.394 e. The van der Waals surface area contributed by atoms with Crippen LogP contribution in [0.2, 0.25) is 0 Å². The first-order valence-corrected chi connectivity index (χ1v) is 6.09. The Bertz CT molecular complexity index is 502. The van der Waals surface area contributed by atoms with Gasteiger partial charge in [0.2, 0.25) is 0 Å². The lowest BCUT2D eigenvalue weighted by molar-refractivity contribution is 0.0557. The molecule has 1 aromatic rings. The van der Waals surface area contributed by atoms with Crippen molar-refractivity contribution in [3.8, 4) is 6.07 Å². The first-order valence-electron chi connectivity index (χ1n) is 4.68. The van der Waals surface area contributed by atoms with Crippen LogP contribution in [0.4, 0.5) is 0 Å². The number of benzene rings is 1. The van der Waals surface area contributed by atoms with Gasteiger partial charge in [-0.1, -0.05) is 0 Å². The van der Waals surface area contributed by atoms with Crippen LogP contribution in [0.25, 0.3) is 0 Å².